The first-order valence-electron chi connectivity index (χ1n) is 24.4. The number of imidazole rings is 1. The standard InChI is InChI=1S/C49H66N14O10S2/c1-4-5-15-34(57-28(3)64)42(66)62-39-24-74-75-25-40(48(72)73)63-41(65)27(2)56-44(68)37(20-30-22-54-33-16-10-9-14-32(30)33)60-43(67)35(17-11-18-53-49(50)51)58-45(69)36(19-29-12-7-6-8-13-29)59-46(70)38(61-47(39)71)21-31-23-52-26-55-31/h6-10,12-14,16,22-23,26-27,34-40,54H,4-5,11,15,17-21,24-25H2,1-3H3,(H,52,55)(H,56,68)(H,57,64)(H,58,69)(H,59,70)(H,60,67)(H,61,71)(H,62,66)(H,63,65)(H,72,73)(H4,50,51,53)/t27-,34+,35+,36-,37-,38+,39+,40+/m1/s1. The highest BCUT2D eigenvalue weighted by Crippen LogP contribution is 2.24. The molecule has 24 nitrogen and oxygen atoms in total. The minimum Gasteiger partial charge on any atom is -0.480 e. The molecular formula is C49H66N14O10S2. The number of unbranched alkanes of at least 4 members (excludes halogenated alkanes) is 1. The van der Waals surface area contributed by atoms with Gasteiger partial charge in [-0.3, -0.25) is 43.3 Å². The molecular weight excluding hydrogens is 1010 g/mol. The minimum atomic E-state index is -1.51. The van der Waals surface area contributed by atoms with E-state index in [1.54, 1.807) is 42.6 Å². The molecule has 1 aliphatic rings. The molecule has 0 unspecified atom stereocenters. The minimum absolute atomic E-state index is 0.0510. The average Bonchev–Trinajstić information content (AvgIpc) is 4.05. The Bertz CT molecular complexity index is 2630. The van der Waals surface area contributed by atoms with E-state index in [1.165, 1.54) is 26.4 Å². The van der Waals surface area contributed by atoms with Gasteiger partial charge in [-0.2, -0.15) is 0 Å². The van der Waals surface area contributed by atoms with Crippen molar-refractivity contribution in [2.45, 2.75) is 120 Å². The molecule has 26 heteroatoms. The Hall–Kier alpha value is -7.61. The van der Waals surface area contributed by atoms with E-state index in [0.717, 1.165) is 32.5 Å². The predicted molar refractivity (Wildman–Crippen MR) is 283 cm³/mol. The number of nitrogens with zero attached hydrogens (tertiary/aromatic N) is 2. The van der Waals surface area contributed by atoms with Gasteiger partial charge in [0.05, 0.1) is 6.33 Å². The summed E-state index contributed by atoms with van der Waals surface area (Å²) < 4.78 is 0. The van der Waals surface area contributed by atoms with Gasteiger partial charge in [-0.05, 0) is 43.4 Å². The zero-order valence-electron chi connectivity index (χ0n) is 41.8. The monoisotopic (exact) mass is 1070 g/mol. The van der Waals surface area contributed by atoms with Crippen molar-refractivity contribution in [1.29, 1.82) is 0 Å². The molecule has 75 heavy (non-hydrogen) atoms. The highest BCUT2D eigenvalue weighted by Gasteiger charge is 2.35. The molecule has 1 fully saturated rings. The Morgan fingerprint density at radius 2 is 1.39 bits per heavy atom. The van der Waals surface area contributed by atoms with Gasteiger partial charge >= 0.3 is 5.97 Å². The molecule has 15 N–H and O–H groups in total. The van der Waals surface area contributed by atoms with Gasteiger partial charge in [0.1, 0.15) is 48.3 Å². The Balaban J connectivity index is 1.57. The number of aromatic nitrogens is 3. The Labute approximate surface area is 440 Å². The Kier molecular flexibility index (Phi) is 22.8. The first-order chi connectivity index (χ1) is 35.9. The number of aromatic amines is 2. The number of nitrogens with one attached hydrogen (secondary N) is 10. The topological polar surface area (TPSA) is 379 Å². The van der Waals surface area contributed by atoms with E-state index in [0.29, 0.717) is 29.7 Å². The van der Waals surface area contributed by atoms with Gasteiger partial charge < -0.3 is 69.1 Å². The molecule has 1 aliphatic heterocycles. The largest absolute Gasteiger partial charge is 0.480 e. The quantitative estimate of drug-likeness (QED) is 0.0276. The molecule has 404 valence electrons. The number of amides is 8. The number of guanidine groups is 1. The van der Waals surface area contributed by atoms with E-state index in [9.17, 15) is 48.3 Å². The van der Waals surface area contributed by atoms with Crippen molar-refractivity contribution in [2.24, 2.45) is 16.5 Å². The molecule has 1 saturated heterocycles. The van der Waals surface area contributed by atoms with E-state index >= 15 is 0 Å². The smallest absolute Gasteiger partial charge is 0.327 e. The lowest BCUT2D eigenvalue weighted by atomic mass is 10.0. The van der Waals surface area contributed by atoms with Gasteiger partial charge in [0.25, 0.3) is 0 Å². The number of carbonyl (C=O) groups excluding carboxylic acids is 8. The number of rotatable bonds is 17. The number of H-pyrrole nitrogens is 2. The van der Waals surface area contributed by atoms with Gasteiger partial charge in [-0.25, -0.2) is 9.78 Å². The number of aliphatic carboxylic acids is 1. The summed E-state index contributed by atoms with van der Waals surface area (Å²) in [6.45, 7) is 4.55. The molecule has 8 atom stereocenters. The lowest BCUT2D eigenvalue weighted by Crippen LogP contribution is -2.61. The predicted octanol–water partition coefficient (Wildman–Crippen LogP) is -0.440. The van der Waals surface area contributed by atoms with Crippen LogP contribution in [-0.2, 0) is 62.4 Å². The van der Waals surface area contributed by atoms with Crippen molar-refractivity contribution in [3.63, 3.8) is 0 Å². The van der Waals surface area contributed by atoms with Crippen LogP contribution in [0.1, 0.15) is 69.7 Å². The van der Waals surface area contributed by atoms with Crippen LogP contribution < -0.4 is 54.0 Å². The van der Waals surface area contributed by atoms with Crippen molar-refractivity contribution in [2.75, 3.05) is 18.1 Å². The highest BCUT2D eigenvalue weighted by molar-refractivity contribution is 8.76. The number of nitrogens with two attached hydrogens (primary N) is 2. The fourth-order valence-electron chi connectivity index (χ4n) is 7.94. The van der Waals surface area contributed by atoms with Crippen LogP contribution in [-0.4, -0.2) is 146 Å². The van der Waals surface area contributed by atoms with Crippen LogP contribution >= 0.6 is 21.6 Å². The fraction of sp³-hybridized carbons (Fsp3) is 0.449. The number of para-hydroxylation sites is 1. The number of carboxylic acid groups (broad SMARTS) is 1. The molecule has 0 spiro atoms. The third-order valence-electron chi connectivity index (χ3n) is 11.9. The Morgan fingerprint density at radius 1 is 0.760 bits per heavy atom. The molecule has 0 aliphatic carbocycles. The molecule has 4 aromatic rings. The third kappa shape index (κ3) is 18.7. The van der Waals surface area contributed by atoms with Crippen molar-refractivity contribution in [3.05, 3.63) is 90.1 Å². The van der Waals surface area contributed by atoms with E-state index in [2.05, 4.69) is 62.5 Å². The SMILES string of the molecule is CCCC[C@H](NC(C)=O)C(=O)N[C@H]1CSSC[C@@H](C(=O)O)NC(=O)[C@@H](C)NC(=O)[C@@H](Cc2c[nH]c3ccccc23)NC(=O)[C@H](CCCN=C(N)N)NC(=O)[C@@H](Cc2ccccc2)NC(=O)[C@H](Cc2cnc[nH]2)NC1=O. The summed E-state index contributed by atoms with van der Waals surface area (Å²) >= 11 is 0. The Morgan fingerprint density at radius 3 is 2.05 bits per heavy atom. The lowest BCUT2D eigenvalue weighted by Gasteiger charge is -2.28. The van der Waals surface area contributed by atoms with E-state index < -0.39 is 102 Å². The number of benzene rings is 2. The highest BCUT2D eigenvalue weighted by atomic mass is 33.1. The van der Waals surface area contributed by atoms with Crippen LogP contribution in [0, 0.1) is 0 Å². The number of aliphatic imine (C=N–C) groups is 1. The van der Waals surface area contributed by atoms with Crippen LogP contribution in [0.5, 0.6) is 0 Å². The molecule has 5 rings (SSSR count). The van der Waals surface area contributed by atoms with Crippen LogP contribution in [0.15, 0.2) is 78.3 Å². The molecule has 2 aromatic carbocycles. The maximum Gasteiger partial charge on any atom is 0.327 e. The summed E-state index contributed by atoms with van der Waals surface area (Å²) in [6, 6.07) is 5.18. The van der Waals surface area contributed by atoms with Crippen LogP contribution in [0.4, 0.5) is 0 Å². The van der Waals surface area contributed by atoms with E-state index in [1.807, 2.05) is 25.1 Å². The number of hydrogen-bond acceptors (Lipinski definition) is 13. The summed E-state index contributed by atoms with van der Waals surface area (Å²) in [7, 11) is 1.95. The summed E-state index contributed by atoms with van der Waals surface area (Å²) in [4.78, 5) is 139. The van der Waals surface area contributed by atoms with Crippen LogP contribution in [0.2, 0.25) is 0 Å². The third-order valence-corrected chi connectivity index (χ3v) is 14.4. The van der Waals surface area contributed by atoms with Crippen molar-refractivity contribution in [3.8, 4) is 0 Å². The maximum atomic E-state index is 14.7. The fourth-order valence-corrected chi connectivity index (χ4v) is 10.3. The molecule has 3 heterocycles. The van der Waals surface area contributed by atoms with Crippen LogP contribution in [0.25, 0.3) is 10.9 Å². The molecule has 2 aromatic heterocycles. The first-order valence-corrected chi connectivity index (χ1v) is 26.9. The molecule has 0 radical (unpaired) electrons. The number of hydrogen-bond donors (Lipinski definition) is 13. The van der Waals surface area contributed by atoms with Crippen molar-refractivity contribution in [1.82, 2.24) is 57.5 Å². The molecule has 0 bridgehead atoms. The molecule has 0 saturated carbocycles. The lowest BCUT2D eigenvalue weighted by molar-refractivity contribution is -0.141. The number of carboxylic acids is 1. The summed E-state index contributed by atoms with van der Waals surface area (Å²) in [5.74, 6) is -8.23. The molecule has 8 amide bonds. The van der Waals surface area contributed by atoms with Gasteiger partial charge in [-0.15, -0.1) is 0 Å². The second kappa shape index (κ2) is 29.3. The first kappa shape index (κ1) is 58.3. The van der Waals surface area contributed by atoms with Gasteiger partial charge in [-0.1, -0.05) is 89.9 Å². The number of fused-ring (bicyclic) bond motifs is 1. The summed E-state index contributed by atoms with van der Waals surface area (Å²) in [5, 5.41) is 32.3. The van der Waals surface area contributed by atoms with E-state index in [4.69, 9.17) is 11.5 Å². The second-order valence-corrected chi connectivity index (χ2v) is 20.4. The van der Waals surface area contributed by atoms with Gasteiger partial charge in [0, 0.05) is 73.2 Å². The van der Waals surface area contributed by atoms with E-state index in [-0.39, 0.29) is 62.5 Å². The van der Waals surface area contributed by atoms with Crippen molar-refractivity contribution < 1.29 is 48.3 Å². The van der Waals surface area contributed by atoms with Gasteiger partial charge in [0.15, 0.2) is 5.96 Å². The number of carbonyl (C=O) groups is 9. The van der Waals surface area contributed by atoms with Crippen molar-refractivity contribution >= 4 is 91.7 Å². The normalized spacial score (nSPS) is 22.2. The van der Waals surface area contributed by atoms with Crippen LogP contribution in [0.3, 0.4) is 0 Å². The summed E-state index contributed by atoms with van der Waals surface area (Å²) in [5.41, 5.74) is 13.6. The maximum absolute atomic E-state index is 14.7. The average molecular weight is 1080 g/mol. The second-order valence-electron chi connectivity index (χ2n) is 17.9. The van der Waals surface area contributed by atoms with Gasteiger partial charge in [0.2, 0.25) is 47.3 Å². The summed E-state index contributed by atoms with van der Waals surface area (Å²) in [6.07, 6.45) is 5.70. The zero-order valence-corrected chi connectivity index (χ0v) is 43.4. The zero-order chi connectivity index (χ0) is 54.4.